The lowest BCUT2D eigenvalue weighted by Crippen LogP contribution is -2.62. The molecule has 0 aromatic rings. The summed E-state index contributed by atoms with van der Waals surface area (Å²) in [4.78, 5) is 0. The number of nitrogens with one attached hydrogen (secondary N) is 1. The van der Waals surface area contributed by atoms with Crippen LogP contribution in [-0.2, 0) is 9.47 Å². The Hall–Kier alpha value is -0.120. The van der Waals surface area contributed by atoms with Crippen molar-refractivity contribution in [1.29, 1.82) is 0 Å². The first kappa shape index (κ1) is 14.3. The van der Waals surface area contributed by atoms with Crippen LogP contribution in [0.4, 0.5) is 0 Å². The van der Waals surface area contributed by atoms with Crippen molar-refractivity contribution >= 4 is 0 Å². The molecule has 0 aliphatic heterocycles. The molecular formula is C15H29NO2. The van der Waals surface area contributed by atoms with Gasteiger partial charge in [0.15, 0.2) is 0 Å². The van der Waals surface area contributed by atoms with Gasteiger partial charge in [0.2, 0.25) is 0 Å². The third-order valence-corrected chi connectivity index (χ3v) is 4.77. The summed E-state index contributed by atoms with van der Waals surface area (Å²) in [5, 5.41) is 3.73. The molecule has 0 saturated heterocycles. The van der Waals surface area contributed by atoms with Crippen LogP contribution in [0.15, 0.2) is 0 Å². The van der Waals surface area contributed by atoms with Gasteiger partial charge in [0, 0.05) is 31.8 Å². The van der Waals surface area contributed by atoms with E-state index < -0.39 is 0 Å². The van der Waals surface area contributed by atoms with Gasteiger partial charge in [-0.2, -0.15) is 0 Å². The third kappa shape index (κ3) is 2.89. The average molecular weight is 255 g/mol. The van der Waals surface area contributed by atoms with E-state index in [1.54, 1.807) is 7.11 Å². The molecule has 3 nitrogen and oxygen atoms in total. The smallest absolute Gasteiger partial charge is 0.0661 e. The standard InChI is InChI=1S/C15H29NO2/c1-3-9-16-13-12-14(18-11-6-10-17-2)15(13)7-4-5-8-15/h13-14,16H,3-12H2,1-2H3. The van der Waals surface area contributed by atoms with Crippen molar-refractivity contribution in [3.63, 3.8) is 0 Å². The van der Waals surface area contributed by atoms with Gasteiger partial charge in [0.05, 0.1) is 6.10 Å². The fourth-order valence-electron chi connectivity index (χ4n) is 3.72. The molecule has 0 aromatic carbocycles. The second-order valence-electron chi connectivity index (χ2n) is 5.89. The van der Waals surface area contributed by atoms with E-state index in [1.165, 1.54) is 38.5 Å². The first-order chi connectivity index (χ1) is 8.83. The molecule has 0 amide bonds. The Kier molecular flexibility index (Phi) is 5.46. The zero-order chi connectivity index (χ0) is 12.8. The highest BCUT2D eigenvalue weighted by atomic mass is 16.5. The van der Waals surface area contributed by atoms with Crippen molar-refractivity contribution in [2.75, 3.05) is 26.9 Å². The van der Waals surface area contributed by atoms with Crippen LogP contribution >= 0.6 is 0 Å². The molecule has 0 bridgehead atoms. The Morgan fingerprint density at radius 1 is 1.22 bits per heavy atom. The molecule has 2 rings (SSSR count). The van der Waals surface area contributed by atoms with Crippen molar-refractivity contribution in [2.24, 2.45) is 5.41 Å². The highest BCUT2D eigenvalue weighted by Crippen LogP contribution is 2.54. The van der Waals surface area contributed by atoms with Crippen LogP contribution in [0.1, 0.15) is 51.9 Å². The van der Waals surface area contributed by atoms with Crippen molar-refractivity contribution in [2.45, 2.75) is 64.0 Å². The molecule has 0 radical (unpaired) electrons. The molecule has 18 heavy (non-hydrogen) atoms. The molecule has 1 N–H and O–H groups in total. The number of rotatable bonds is 8. The normalized spacial score (nSPS) is 29.7. The lowest BCUT2D eigenvalue weighted by molar-refractivity contribution is -0.135. The SMILES string of the molecule is CCCNC1CC(OCCCOC)C12CCCC2. The van der Waals surface area contributed by atoms with Gasteiger partial charge in [-0.1, -0.05) is 19.8 Å². The Bertz CT molecular complexity index is 237. The van der Waals surface area contributed by atoms with E-state index in [4.69, 9.17) is 9.47 Å². The zero-order valence-electron chi connectivity index (χ0n) is 12.0. The van der Waals surface area contributed by atoms with Crippen LogP contribution in [0.5, 0.6) is 0 Å². The van der Waals surface area contributed by atoms with Crippen molar-refractivity contribution in [3.8, 4) is 0 Å². The summed E-state index contributed by atoms with van der Waals surface area (Å²) in [5.74, 6) is 0. The fourth-order valence-corrected chi connectivity index (χ4v) is 3.72. The van der Waals surface area contributed by atoms with Crippen LogP contribution in [-0.4, -0.2) is 39.0 Å². The fraction of sp³-hybridized carbons (Fsp3) is 1.00. The van der Waals surface area contributed by atoms with E-state index in [2.05, 4.69) is 12.2 Å². The summed E-state index contributed by atoms with van der Waals surface area (Å²) in [7, 11) is 1.76. The van der Waals surface area contributed by atoms with Gasteiger partial charge in [0.25, 0.3) is 0 Å². The van der Waals surface area contributed by atoms with Crippen LogP contribution in [0, 0.1) is 5.41 Å². The Labute approximate surface area is 112 Å². The van der Waals surface area contributed by atoms with E-state index >= 15 is 0 Å². The molecule has 2 atom stereocenters. The number of hydrogen-bond acceptors (Lipinski definition) is 3. The van der Waals surface area contributed by atoms with E-state index in [1.807, 2.05) is 0 Å². The van der Waals surface area contributed by atoms with Crippen LogP contribution in [0.2, 0.25) is 0 Å². The summed E-state index contributed by atoms with van der Waals surface area (Å²) in [6.07, 6.45) is 9.48. The van der Waals surface area contributed by atoms with Gasteiger partial charge in [0.1, 0.15) is 0 Å². The number of hydrogen-bond donors (Lipinski definition) is 1. The first-order valence-electron chi connectivity index (χ1n) is 7.67. The summed E-state index contributed by atoms with van der Waals surface area (Å²) in [5.41, 5.74) is 0.474. The van der Waals surface area contributed by atoms with Crippen molar-refractivity contribution < 1.29 is 9.47 Å². The summed E-state index contributed by atoms with van der Waals surface area (Å²) >= 11 is 0. The minimum Gasteiger partial charge on any atom is -0.385 e. The van der Waals surface area contributed by atoms with Gasteiger partial charge in [-0.3, -0.25) is 0 Å². The maximum atomic E-state index is 6.11. The van der Waals surface area contributed by atoms with Crippen LogP contribution < -0.4 is 5.32 Å². The topological polar surface area (TPSA) is 30.5 Å². The monoisotopic (exact) mass is 255 g/mol. The van der Waals surface area contributed by atoms with Gasteiger partial charge >= 0.3 is 0 Å². The predicted molar refractivity (Wildman–Crippen MR) is 73.8 cm³/mol. The lowest BCUT2D eigenvalue weighted by Gasteiger charge is -2.54. The highest BCUT2D eigenvalue weighted by Gasteiger charge is 2.56. The molecule has 0 heterocycles. The van der Waals surface area contributed by atoms with Gasteiger partial charge in [-0.05, 0) is 38.6 Å². The minimum absolute atomic E-state index is 0.474. The summed E-state index contributed by atoms with van der Waals surface area (Å²) < 4.78 is 11.2. The van der Waals surface area contributed by atoms with Crippen molar-refractivity contribution in [1.82, 2.24) is 5.32 Å². The quantitative estimate of drug-likeness (QED) is 0.677. The zero-order valence-corrected chi connectivity index (χ0v) is 12.0. The van der Waals surface area contributed by atoms with Gasteiger partial charge in [-0.15, -0.1) is 0 Å². The Morgan fingerprint density at radius 2 is 2.00 bits per heavy atom. The van der Waals surface area contributed by atoms with E-state index in [9.17, 15) is 0 Å². The molecular weight excluding hydrogens is 226 g/mol. The Balaban J connectivity index is 1.77. The summed E-state index contributed by atoms with van der Waals surface area (Å²) in [6.45, 7) is 5.08. The van der Waals surface area contributed by atoms with E-state index in [-0.39, 0.29) is 0 Å². The van der Waals surface area contributed by atoms with Crippen LogP contribution in [0.25, 0.3) is 0 Å². The molecule has 2 fully saturated rings. The predicted octanol–water partition coefficient (Wildman–Crippen LogP) is 2.74. The van der Waals surface area contributed by atoms with E-state index in [0.29, 0.717) is 17.6 Å². The third-order valence-electron chi connectivity index (χ3n) is 4.77. The second-order valence-corrected chi connectivity index (χ2v) is 5.89. The number of ether oxygens (including phenoxy) is 2. The molecule has 2 unspecified atom stereocenters. The molecule has 2 aliphatic carbocycles. The molecule has 2 aliphatic rings. The molecule has 1 spiro atoms. The highest BCUT2D eigenvalue weighted by molar-refractivity contribution is 5.09. The average Bonchev–Trinajstić information content (AvgIpc) is 2.88. The maximum absolute atomic E-state index is 6.11. The summed E-state index contributed by atoms with van der Waals surface area (Å²) in [6, 6.07) is 0.715. The molecule has 3 heteroatoms. The largest absolute Gasteiger partial charge is 0.385 e. The molecule has 106 valence electrons. The van der Waals surface area contributed by atoms with Crippen LogP contribution in [0.3, 0.4) is 0 Å². The van der Waals surface area contributed by atoms with Gasteiger partial charge < -0.3 is 14.8 Å². The van der Waals surface area contributed by atoms with Gasteiger partial charge in [-0.25, -0.2) is 0 Å². The first-order valence-corrected chi connectivity index (χ1v) is 7.67. The number of methoxy groups -OCH3 is 1. The second kappa shape index (κ2) is 6.88. The van der Waals surface area contributed by atoms with Crippen molar-refractivity contribution in [3.05, 3.63) is 0 Å². The molecule has 0 aromatic heterocycles. The van der Waals surface area contributed by atoms with E-state index in [0.717, 1.165) is 26.2 Å². The maximum Gasteiger partial charge on any atom is 0.0661 e. The lowest BCUT2D eigenvalue weighted by atomic mass is 9.60. The minimum atomic E-state index is 0.474. The Morgan fingerprint density at radius 3 is 2.67 bits per heavy atom. The molecule has 2 saturated carbocycles.